The molecule has 4 heteroatoms. The van der Waals surface area contributed by atoms with Gasteiger partial charge in [0.25, 0.3) is 0 Å². The minimum Gasteiger partial charge on any atom is -0.338 e. The summed E-state index contributed by atoms with van der Waals surface area (Å²) in [4.78, 5) is 13.9. The molecular formula is C14H17ClN2O. The molecule has 1 aromatic carbocycles. The Labute approximate surface area is 112 Å². The molecule has 1 saturated heterocycles. The van der Waals surface area contributed by atoms with Crippen LogP contribution in [0.15, 0.2) is 24.3 Å². The molecule has 1 N–H and O–H groups in total. The van der Waals surface area contributed by atoms with Crippen LogP contribution in [0.1, 0.15) is 30.9 Å². The molecule has 0 aromatic heterocycles. The number of hydrogen-bond donors (Lipinski definition) is 1. The van der Waals surface area contributed by atoms with Crippen LogP contribution in [0.5, 0.6) is 0 Å². The quantitative estimate of drug-likeness (QED) is 0.893. The number of carbonyl (C=O) groups is 1. The van der Waals surface area contributed by atoms with Gasteiger partial charge in [-0.05, 0) is 42.9 Å². The average Bonchev–Trinajstić information content (AvgIpc) is 3.12. The first-order valence-corrected chi connectivity index (χ1v) is 6.92. The molecule has 1 saturated carbocycles. The van der Waals surface area contributed by atoms with E-state index in [1.54, 1.807) is 0 Å². The molecule has 1 aliphatic heterocycles. The van der Waals surface area contributed by atoms with Crippen LogP contribution in [-0.2, 0) is 0 Å². The molecule has 1 aromatic rings. The lowest BCUT2D eigenvalue weighted by Gasteiger charge is -2.41. The van der Waals surface area contributed by atoms with E-state index in [0.717, 1.165) is 30.5 Å². The van der Waals surface area contributed by atoms with Crippen molar-refractivity contribution in [3.8, 4) is 0 Å². The number of nitrogens with zero attached hydrogens (tertiary/aromatic N) is 1. The van der Waals surface area contributed by atoms with Crippen LogP contribution >= 0.6 is 11.6 Å². The summed E-state index contributed by atoms with van der Waals surface area (Å²) < 4.78 is 0. The molecule has 3 nitrogen and oxygen atoms in total. The largest absolute Gasteiger partial charge is 0.338 e. The first-order chi connectivity index (χ1) is 8.74. The molecule has 1 atom stereocenters. The third-order valence-electron chi connectivity index (χ3n) is 3.77. The van der Waals surface area contributed by atoms with Gasteiger partial charge in [0.15, 0.2) is 0 Å². The van der Waals surface area contributed by atoms with E-state index in [0.29, 0.717) is 0 Å². The number of hydrogen-bond acceptors (Lipinski definition) is 1. The Kier molecular flexibility index (Phi) is 3.16. The van der Waals surface area contributed by atoms with E-state index < -0.39 is 0 Å². The Morgan fingerprint density at radius 3 is 2.56 bits per heavy atom. The van der Waals surface area contributed by atoms with E-state index in [4.69, 9.17) is 11.6 Å². The molecule has 2 fully saturated rings. The van der Waals surface area contributed by atoms with Crippen LogP contribution in [-0.4, -0.2) is 24.0 Å². The maximum atomic E-state index is 12.0. The molecule has 18 heavy (non-hydrogen) atoms. The highest BCUT2D eigenvalue weighted by Gasteiger charge is 2.33. The minimum absolute atomic E-state index is 0.0769. The lowest BCUT2D eigenvalue weighted by Crippen LogP contribution is -2.50. The molecule has 0 spiro atoms. The van der Waals surface area contributed by atoms with Crippen molar-refractivity contribution in [1.82, 2.24) is 10.2 Å². The summed E-state index contributed by atoms with van der Waals surface area (Å²) in [6, 6.07) is 8.08. The summed E-state index contributed by atoms with van der Waals surface area (Å²) in [6.07, 6.45) is 3.57. The second-order valence-electron chi connectivity index (χ2n) is 5.18. The molecule has 1 aliphatic carbocycles. The van der Waals surface area contributed by atoms with Crippen LogP contribution in [0.25, 0.3) is 0 Å². The number of rotatable bonds is 3. The van der Waals surface area contributed by atoms with E-state index in [9.17, 15) is 4.79 Å². The van der Waals surface area contributed by atoms with E-state index in [1.165, 1.54) is 18.4 Å². The molecule has 2 aliphatic rings. The van der Waals surface area contributed by atoms with Gasteiger partial charge in [0.1, 0.15) is 0 Å². The molecular weight excluding hydrogens is 248 g/mol. The van der Waals surface area contributed by atoms with Crippen molar-refractivity contribution in [3.05, 3.63) is 34.9 Å². The van der Waals surface area contributed by atoms with Gasteiger partial charge in [-0.1, -0.05) is 23.7 Å². The van der Waals surface area contributed by atoms with Gasteiger partial charge in [0, 0.05) is 18.1 Å². The fraction of sp³-hybridized carbons (Fsp3) is 0.500. The Morgan fingerprint density at radius 2 is 2.00 bits per heavy atom. The van der Waals surface area contributed by atoms with Crippen molar-refractivity contribution in [2.45, 2.75) is 25.3 Å². The molecule has 0 radical (unpaired) electrons. The maximum absolute atomic E-state index is 12.0. The van der Waals surface area contributed by atoms with Crippen molar-refractivity contribution >= 4 is 17.6 Å². The van der Waals surface area contributed by atoms with Gasteiger partial charge in [-0.3, -0.25) is 0 Å². The van der Waals surface area contributed by atoms with E-state index >= 15 is 0 Å². The Morgan fingerprint density at radius 1 is 1.28 bits per heavy atom. The second kappa shape index (κ2) is 4.81. The van der Waals surface area contributed by atoms with Crippen LogP contribution in [0, 0.1) is 5.92 Å². The molecule has 1 unspecified atom stereocenters. The Balaban J connectivity index is 1.59. The second-order valence-corrected chi connectivity index (χ2v) is 5.62. The summed E-state index contributed by atoms with van der Waals surface area (Å²) in [5.41, 5.74) is 1.17. The Bertz CT molecular complexity index is 442. The molecule has 1 heterocycles. The zero-order chi connectivity index (χ0) is 12.5. The molecule has 3 rings (SSSR count). The minimum atomic E-state index is 0.0769. The molecule has 0 bridgehead atoms. The summed E-state index contributed by atoms with van der Waals surface area (Å²) in [6.45, 7) is 1.69. The monoisotopic (exact) mass is 264 g/mol. The van der Waals surface area contributed by atoms with E-state index in [1.807, 2.05) is 29.2 Å². The van der Waals surface area contributed by atoms with Crippen molar-refractivity contribution < 1.29 is 4.79 Å². The van der Waals surface area contributed by atoms with Gasteiger partial charge in [0.05, 0.1) is 6.04 Å². The lowest BCUT2D eigenvalue weighted by molar-refractivity contribution is 0.115. The molecule has 2 amide bonds. The fourth-order valence-electron chi connectivity index (χ4n) is 2.32. The number of carbonyl (C=O) groups excluding carboxylic acids is 1. The third-order valence-corrected chi connectivity index (χ3v) is 4.03. The number of amides is 2. The summed E-state index contributed by atoms with van der Waals surface area (Å²) in [5, 5.41) is 3.76. The van der Waals surface area contributed by atoms with Gasteiger partial charge in [-0.25, -0.2) is 4.79 Å². The zero-order valence-electron chi connectivity index (χ0n) is 10.2. The highest BCUT2D eigenvalue weighted by atomic mass is 35.5. The smallest absolute Gasteiger partial charge is 0.317 e. The van der Waals surface area contributed by atoms with Crippen LogP contribution in [0.3, 0.4) is 0 Å². The van der Waals surface area contributed by atoms with Crippen molar-refractivity contribution in [3.63, 3.8) is 0 Å². The van der Waals surface area contributed by atoms with Gasteiger partial charge in [0.2, 0.25) is 0 Å². The lowest BCUT2D eigenvalue weighted by atomic mass is 9.95. The number of likely N-dealkylation sites (tertiary alicyclic amines) is 1. The predicted octanol–water partition coefficient (Wildman–Crippen LogP) is 3.21. The highest BCUT2D eigenvalue weighted by Crippen LogP contribution is 2.34. The number of nitrogens with one attached hydrogen (secondary N) is 1. The van der Waals surface area contributed by atoms with Gasteiger partial charge < -0.3 is 10.2 Å². The van der Waals surface area contributed by atoms with Crippen LogP contribution in [0.4, 0.5) is 4.79 Å². The third kappa shape index (κ3) is 2.46. The number of urea groups is 1. The first kappa shape index (κ1) is 11.8. The summed E-state index contributed by atoms with van der Waals surface area (Å²) >= 11 is 5.88. The average molecular weight is 265 g/mol. The van der Waals surface area contributed by atoms with Gasteiger partial charge in [-0.15, -0.1) is 0 Å². The number of benzene rings is 1. The van der Waals surface area contributed by atoms with Crippen molar-refractivity contribution in [2.24, 2.45) is 5.92 Å². The predicted molar refractivity (Wildman–Crippen MR) is 71.6 cm³/mol. The highest BCUT2D eigenvalue weighted by molar-refractivity contribution is 6.30. The van der Waals surface area contributed by atoms with E-state index in [2.05, 4.69) is 5.32 Å². The summed E-state index contributed by atoms with van der Waals surface area (Å²) in [5.74, 6) is 0.726. The van der Waals surface area contributed by atoms with Crippen LogP contribution in [0.2, 0.25) is 5.02 Å². The SMILES string of the molecule is O=C(NCC1CC1)N1CCC1c1ccc(Cl)cc1. The number of halogens is 1. The van der Waals surface area contributed by atoms with Crippen molar-refractivity contribution in [2.75, 3.05) is 13.1 Å². The maximum Gasteiger partial charge on any atom is 0.317 e. The molecule has 96 valence electrons. The van der Waals surface area contributed by atoms with Gasteiger partial charge in [-0.2, -0.15) is 0 Å². The topological polar surface area (TPSA) is 32.3 Å². The first-order valence-electron chi connectivity index (χ1n) is 6.54. The standard InChI is InChI=1S/C14H17ClN2O/c15-12-5-3-11(4-6-12)13-7-8-17(13)14(18)16-9-10-1-2-10/h3-6,10,13H,1-2,7-9H2,(H,16,18). The van der Waals surface area contributed by atoms with Gasteiger partial charge >= 0.3 is 6.03 Å². The normalized spacial score (nSPS) is 22.5. The Hall–Kier alpha value is -1.22. The van der Waals surface area contributed by atoms with Crippen LogP contribution < -0.4 is 5.32 Å². The summed E-state index contributed by atoms with van der Waals surface area (Å²) in [7, 11) is 0. The van der Waals surface area contributed by atoms with E-state index in [-0.39, 0.29) is 12.1 Å². The zero-order valence-corrected chi connectivity index (χ0v) is 11.0. The van der Waals surface area contributed by atoms with Crippen molar-refractivity contribution in [1.29, 1.82) is 0 Å². The fourth-order valence-corrected chi connectivity index (χ4v) is 2.44.